The van der Waals surface area contributed by atoms with E-state index in [1.165, 1.54) is 5.56 Å². The Balaban J connectivity index is 1.59. The van der Waals surface area contributed by atoms with Crippen molar-refractivity contribution in [2.75, 3.05) is 12.4 Å². The molecular weight excluding hydrogens is 296 g/mol. The molecule has 0 amide bonds. The van der Waals surface area contributed by atoms with Gasteiger partial charge in [-0.2, -0.15) is 4.98 Å². The molecule has 114 valence electrons. The van der Waals surface area contributed by atoms with Crippen LogP contribution in [0.15, 0.2) is 35.5 Å². The summed E-state index contributed by atoms with van der Waals surface area (Å²) in [5, 5.41) is 5.19. The summed E-state index contributed by atoms with van der Waals surface area (Å²) < 4.78 is 7.50. The highest BCUT2D eigenvalue weighted by molar-refractivity contribution is 7.99. The standard InChI is InChI=1S/C16H18N4OS/c1-11-5-4-6-14(9-11)21-7-8-22-16-18-15-17-12(2)10-13(3)20(15)19-16/h4-6,9-10H,7-8H2,1-3H3. The molecule has 0 atom stereocenters. The second-order valence-corrected chi connectivity index (χ2v) is 6.22. The summed E-state index contributed by atoms with van der Waals surface area (Å²) in [6, 6.07) is 10.1. The van der Waals surface area contributed by atoms with E-state index >= 15 is 0 Å². The van der Waals surface area contributed by atoms with Crippen LogP contribution in [-0.2, 0) is 0 Å². The van der Waals surface area contributed by atoms with Gasteiger partial charge in [-0.15, -0.1) is 5.10 Å². The van der Waals surface area contributed by atoms with E-state index < -0.39 is 0 Å². The molecule has 2 aromatic heterocycles. The summed E-state index contributed by atoms with van der Waals surface area (Å²) in [6.07, 6.45) is 0. The molecule has 0 spiro atoms. The Morgan fingerprint density at radius 2 is 2.00 bits per heavy atom. The summed E-state index contributed by atoms with van der Waals surface area (Å²) in [5.41, 5.74) is 3.19. The third-order valence-corrected chi connectivity index (χ3v) is 3.97. The molecule has 1 aromatic carbocycles. The molecule has 0 saturated carbocycles. The van der Waals surface area contributed by atoms with Gasteiger partial charge in [-0.1, -0.05) is 23.9 Å². The Kier molecular flexibility index (Phi) is 4.29. The lowest BCUT2D eigenvalue weighted by atomic mass is 10.2. The third-order valence-electron chi connectivity index (χ3n) is 3.17. The van der Waals surface area contributed by atoms with Crippen LogP contribution in [0.5, 0.6) is 5.75 Å². The van der Waals surface area contributed by atoms with Gasteiger partial charge in [-0.25, -0.2) is 9.50 Å². The molecule has 22 heavy (non-hydrogen) atoms. The first-order chi connectivity index (χ1) is 10.6. The number of fused-ring (bicyclic) bond motifs is 1. The van der Waals surface area contributed by atoms with Crippen molar-refractivity contribution >= 4 is 17.5 Å². The predicted molar refractivity (Wildman–Crippen MR) is 87.7 cm³/mol. The van der Waals surface area contributed by atoms with Crippen LogP contribution in [0, 0.1) is 20.8 Å². The molecule has 0 aliphatic heterocycles. The zero-order valence-corrected chi connectivity index (χ0v) is 13.7. The van der Waals surface area contributed by atoms with Crippen LogP contribution in [0.1, 0.15) is 17.0 Å². The predicted octanol–water partition coefficient (Wildman–Crippen LogP) is 3.22. The van der Waals surface area contributed by atoms with Crippen LogP contribution in [0.3, 0.4) is 0 Å². The number of benzene rings is 1. The molecule has 3 rings (SSSR count). The van der Waals surface area contributed by atoms with Gasteiger partial charge >= 0.3 is 0 Å². The van der Waals surface area contributed by atoms with Crippen LogP contribution in [-0.4, -0.2) is 31.9 Å². The fourth-order valence-corrected chi connectivity index (χ4v) is 2.84. The number of hydrogen-bond acceptors (Lipinski definition) is 5. The van der Waals surface area contributed by atoms with E-state index in [2.05, 4.69) is 28.1 Å². The molecule has 0 N–H and O–H groups in total. The zero-order valence-electron chi connectivity index (χ0n) is 12.9. The van der Waals surface area contributed by atoms with Crippen molar-refractivity contribution in [3.63, 3.8) is 0 Å². The highest BCUT2D eigenvalue weighted by Gasteiger charge is 2.08. The molecule has 0 fully saturated rings. The molecule has 0 aliphatic rings. The van der Waals surface area contributed by atoms with Gasteiger partial charge in [0.25, 0.3) is 5.78 Å². The van der Waals surface area contributed by atoms with Crippen molar-refractivity contribution in [3.05, 3.63) is 47.3 Å². The maximum atomic E-state index is 5.73. The average Bonchev–Trinajstić information content (AvgIpc) is 2.87. The largest absolute Gasteiger partial charge is 0.493 e. The first kappa shape index (κ1) is 14.8. The second kappa shape index (κ2) is 6.36. The Labute approximate surface area is 133 Å². The molecule has 5 nitrogen and oxygen atoms in total. The van der Waals surface area contributed by atoms with E-state index in [1.807, 2.05) is 38.1 Å². The summed E-state index contributed by atoms with van der Waals surface area (Å²) in [4.78, 5) is 8.83. The highest BCUT2D eigenvalue weighted by atomic mass is 32.2. The lowest BCUT2D eigenvalue weighted by molar-refractivity contribution is 0.343. The van der Waals surface area contributed by atoms with Gasteiger partial charge in [0.05, 0.1) is 6.61 Å². The summed E-state index contributed by atoms with van der Waals surface area (Å²) in [5.74, 6) is 2.35. The normalized spacial score (nSPS) is 11.0. The van der Waals surface area contributed by atoms with Gasteiger partial charge in [0.15, 0.2) is 0 Å². The van der Waals surface area contributed by atoms with Gasteiger partial charge in [-0.3, -0.25) is 0 Å². The molecular formula is C16H18N4OS. The lowest BCUT2D eigenvalue weighted by Crippen LogP contribution is -2.00. The van der Waals surface area contributed by atoms with Crippen molar-refractivity contribution in [2.45, 2.75) is 25.9 Å². The number of aromatic nitrogens is 4. The number of ether oxygens (including phenoxy) is 1. The van der Waals surface area contributed by atoms with Crippen molar-refractivity contribution < 1.29 is 4.74 Å². The molecule has 0 aliphatic carbocycles. The fourth-order valence-electron chi connectivity index (χ4n) is 2.21. The first-order valence-electron chi connectivity index (χ1n) is 7.15. The van der Waals surface area contributed by atoms with E-state index in [1.54, 1.807) is 16.3 Å². The highest BCUT2D eigenvalue weighted by Crippen LogP contribution is 2.17. The van der Waals surface area contributed by atoms with Crippen molar-refractivity contribution in [1.29, 1.82) is 0 Å². The van der Waals surface area contributed by atoms with E-state index in [4.69, 9.17) is 4.74 Å². The molecule has 0 unspecified atom stereocenters. The number of thioether (sulfide) groups is 1. The number of hydrogen-bond donors (Lipinski definition) is 0. The first-order valence-corrected chi connectivity index (χ1v) is 8.14. The van der Waals surface area contributed by atoms with Crippen molar-refractivity contribution in [1.82, 2.24) is 19.6 Å². The Morgan fingerprint density at radius 3 is 2.82 bits per heavy atom. The molecule has 0 radical (unpaired) electrons. The second-order valence-electron chi connectivity index (χ2n) is 5.16. The van der Waals surface area contributed by atoms with Crippen LogP contribution >= 0.6 is 11.8 Å². The minimum atomic E-state index is 0.620. The minimum Gasteiger partial charge on any atom is -0.493 e. The monoisotopic (exact) mass is 314 g/mol. The van der Waals surface area contributed by atoms with Crippen molar-refractivity contribution in [2.24, 2.45) is 0 Å². The molecule has 6 heteroatoms. The Morgan fingerprint density at radius 1 is 1.14 bits per heavy atom. The topological polar surface area (TPSA) is 52.3 Å². The molecule has 0 bridgehead atoms. The lowest BCUT2D eigenvalue weighted by Gasteiger charge is -2.05. The smallest absolute Gasteiger partial charge is 0.253 e. The van der Waals surface area contributed by atoms with Gasteiger partial charge in [0.1, 0.15) is 5.75 Å². The van der Waals surface area contributed by atoms with Gasteiger partial charge < -0.3 is 4.74 Å². The zero-order chi connectivity index (χ0) is 15.5. The SMILES string of the molecule is Cc1cccc(OCCSc2nc3nc(C)cc(C)n3n2)c1. The number of nitrogens with zero attached hydrogens (tertiary/aromatic N) is 4. The van der Waals surface area contributed by atoms with Gasteiger partial charge in [-0.05, 0) is 44.5 Å². The minimum absolute atomic E-state index is 0.620. The molecule has 3 aromatic rings. The van der Waals surface area contributed by atoms with Crippen LogP contribution in [0.25, 0.3) is 5.78 Å². The van der Waals surface area contributed by atoms with Crippen LogP contribution in [0.4, 0.5) is 0 Å². The maximum absolute atomic E-state index is 5.73. The van der Waals surface area contributed by atoms with E-state index in [0.717, 1.165) is 28.0 Å². The fraction of sp³-hybridized carbons (Fsp3) is 0.312. The van der Waals surface area contributed by atoms with E-state index in [-0.39, 0.29) is 0 Å². The van der Waals surface area contributed by atoms with E-state index in [9.17, 15) is 0 Å². The average molecular weight is 314 g/mol. The van der Waals surface area contributed by atoms with Crippen molar-refractivity contribution in [3.8, 4) is 5.75 Å². The number of rotatable bonds is 5. The van der Waals surface area contributed by atoms with Gasteiger partial charge in [0.2, 0.25) is 5.16 Å². The summed E-state index contributed by atoms with van der Waals surface area (Å²) in [7, 11) is 0. The van der Waals surface area contributed by atoms with Crippen LogP contribution in [0.2, 0.25) is 0 Å². The summed E-state index contributed by atoms with van der Waals surface area (Å²) in [6.45, 7) is 6.64. The third kappa shape index (κ3) is 3.39. The molecule has 0 saturated heterocycles. The quantitative estimate of drug-likeness (QED) is 0.534. The van der Waals surface area contributed by atoms with Crippen LogP contribution < -0.4 is 4.74 Å². The Hall–Kier alpha value is -2.08. The Bertz CT molecular complexity index is 800. The van der Waals surface area contributed by atoms with E-state index in [0.29, 0.717) is 12.4 Å². The van der Waals surface area contributed by atoms with Gasteiger partial charge in [0, 0.05) is 17.1 Å². The maximum Gasteiger partial charge on any atom is 0.253 e. The molecule has 2 heterocycles. The summed E-state index contributed by atoms with van der Waals surface area (Å²) >= 11 is 1.58. The number of aryl methyl sites for hydroxylation is 3.